The van der Waals surface area contributed by atoms with Crippen molar-refractivity contribution in [2.24, 2.45) is 0 Å². The van der Waals surface area contributed by atoms with Crippen LogP contribution in [0.5, 0.6) is 0 Å². The lowest BCUT2D eigenvalue weighted by molar-refractivity contribution is -0.0291. The fraction of sp³-hybridized carbons (Fsp3) is 0.538. The molecule has 0 aromatic heterocycles. The monoisotopic (exact) mass is 316 g/mol. The normalized spacial score (nSPS) is 21.2. The summed E-state index contributed by atoms with van der Waals surface area (Å²) >= 11 is 3.22. The molecule has 1 unspecified atom stereocenters. The Morgan fingerprint density at radius 3 is 3.11 bits per heavy atom. The molecule has 0 bridgehead atoms. The number of halogens is 2. The van der Waals surface area contributed by atoms with E-state index >= 15 is 0 Å². The van der Waals surface area contributed by atoms with Crippen molar-refractivity contribution in [1.82, 2.24) is 10.2 Å². The number of hydrogen-bond acceptors (Lipinski definition) is 3. The Kier molecular flexibility index (Phi) is 5.12. The van der Waals surface area contributed by atoms with Crippen LogP contribution in [0, 0.1) is 5.82 Å². The van der Waals surface area contributed by atoms with Crippen molar-refractivity contribution in [2.45, 2.75) is 12.6 Å². The summed E-state index contributed by atoms with van der Waals surface area (Å²) < 4.78 is 19.3. The molecule has 1 N–H and O–H groups in total. The van der Waals surface area contributed by atoms with Crippen LogP contribution in [0.15, 0.2) is 22.7 Å². The molecule has 3 nitrogen and oxygen atoms in total. The lowest BCUT2D eigenvalue weighted by atomic mass is 10.2. The highest BCUT2D eigenvalue weighted by atomic mass is 79.9. The molecule has 0 radical (unpaired) electrons. The molecule has 0 spiro atoms. The molecule has 2 rings (SSSR count). The zero-order chi connectivity index (χ0) is 13.0. The van der Waals surface area contributed by atoms with Crippen molar-refractivity contribution < 1.29 is 9.13 Å². The number of nitrogens with zero attached hydrogens (tertiary/aromatic N) is 1. The predicted molar refractivity (Wildman–Crippen MR) is 73.0 cm³/mol. The second kappa shape index (κ2) is 6.61. The Labute approximate surface area is 115 Å². The molecule has 0 saturated carbocycles. The van der Waals surface area contributed by atoms with E-state index in [1.807, 2.05) is 19.2 Å². The van der Waals surface area contributed by atoms with E-state index in [4.69, 9.17) is 4.74 Å². The minimum absolute atomic E-state index is 0.214. The van der Waals surface area contributed by atoms with Crippen LogP contribution in [0.4, 0.5) is 4.39 Å². The van der Waals surface area contributed by atoms with E-state index in [-0.39, 0.29) is 11.9 Å². The third-order valence-corrected chi connectivity index (χ3v) is 3.65. The Hall–Kier alpha value is -0.490. The van der Waals surface area contributed by atoms with Crippen molar-refractivity contribution >= 4 is 15.9 Å². The van der Waals surface area contributed by atoms with Gasteiger partial charge in [-0.25, -0.2) is 4.39 Å². The van der Waals surface area contributed by atoms with Crippen LogP contribution in [-0.4, -0.2) is 44.3 Å². The summed E-state index contributed by atoms with van der Waals surface area (Å²) in [6.45, 7) is 4.30. The third-order valence-electron chi connectivity index (χ3n) is 3.04. The number of nitrogens with one attached hydrogen (secondary N) is 1. The molecule has 0 amide bonds. The molecule has 1 aromatic carbocycles. The number of rotatable bonds is 4. The molecule has 18 heavy (non-hydrogen) atoms. The fourth-order valence-corrected chi connectivity index (χ4v) is 2.60. The average Bonchev–Trinajstić information content (AvgIpc) is 2.35. The highest BCUT2D eigenvalue weighted by Crippen LogP contribution is 2.18. The van der Waals surface area contributed by atoms with Crippen molar-refractivity contribution in [3.8, 4) is 0 Å². The van der Waals surface area contributed by atoms with Gasteiger partial charge in [-0.3, -0.25) is 4.90 Å². The van der Waals surface area contributed by atoms with Gasteiger partial charge < -0.3 is 10.1 Å². The van der Waals surface area contributed by atoms with Crippen LogP contribution in [0.1, 0.15) is 5.56 Å². The van der Waals surface area contributed by atoms with Crippen LogP contribution in [-0.2, 0) is 11.3 Å². The van der Waals surface area contributed by atoms with E-state index in [0.717, 1.165) is 38.3 Å². The molecule has 1 fully saturated rings. The smallest absolute Gasteiger partial charge is 0.137 e. The van der Waals surface area contributed by atoms with Gasteiger partial charge in [-0.15, -0.1) is 0 Å². The van der Waals surface area contributed by atoms with E-state index < -0.39 is 0 Å². The number of ether oxygens (including phenoxy) is 1. The summed E-state index contributed by atoms with van der Waals surface area (Å²) in [5.41, 5.74) is 1.12. The largest absolute Gasteiger partial charge is 0.374 e. The average molecular weight is 317 g/mol. The topological polar surface area (TPSA) is 24.5 Å². The van der Waals surface area contributed by atoms with Crippen LogP contribution >= 0.6 is 15.9 Å². The third kappa shape index (κ3) is 3.75. The standard InChI is InChI=1S/C13H18BrFN2O/c1-16-7-11-9-17(4-5-18-11)8-10-2-3-13(15)12(14)6-10/h2-3,6,11,16H,4-5,7-9H2,1H3. The minimum atomic E-state index is -0.214. The summed E-state index contributed by atoms with van der Waals surface area (Å²) in [5, 5.41) is 3.13. The second-order valence-corrected chi connectivity index (χ2v) is 5.39. The van der Waals surface area contributed by atoms with Crippen LogP contribution in [0.3, 0.4) is 0 Å². The van der Waals surface area contributed by atoms with Gasteiger partial charge in [-0.05, 0) is 40.7 Å². The first-order chi connectivity index (χ1) is 8.69. The summed E-state index contributed by atoms with van der Waals surface area (Å²) in [7, 11) is 1.93. The second-order valence-electron chi connectivity index (χ2n) is 4.53. The van der Waals surface area contributed by atoms with Gasteiger partial charge >= 0.3 is 0 Å². The van der Waals surface area contributed by atoms with Crippen molar-refractivity contribution in [3.63, 3.8) is 0 Å². The molecule has 5 heteroatoms. The van der Waals surface area contributed by atoms with Gasteiger partial charge in [0.15, 0.2) is 0 Å². The van der Waals surface area contributed by atoms with E-state index in [9.17, 15) is 4.39 Å². The molecule has 1 aromatic rings. The zero-order valence-corrected chi connectivity index (χ0v) is 12.0. The number of likely N-dealkylation sites (N-methyl/N-ethyl adjacent to an activating group) is 1. The molecular weight excluding hydrogens is 299 g/mol. The molecular formula is C13H18BrFN2O. The first-order valence-corrected chi connectivity index (χ1v) is 6.91. The predicted octanol–water partition coefficient (Wildman–Crippen LogP) is 2.01. The van der Waals surface area contributed by atoms with Crippen molar-refractivity contribution in [1.29, 1.82) is 0 Å². The number of morpholine rings is 1. The summed E-state index contributed by atoms with van der Waals surface area (Å²) in [6.07, 6.45) is 0.243. The Balaban J connectivity index is 1.93. The highest BCUT2D eigenvalue weighted by molar-refractivity contribution is 9.10. The highest BCUT2D eigenvalue weighted by Gasteiger charge is 2.19. The Morgan fingerprint density at radius 1 is 1.56 bits per heavy atom. The lowest BCUT2D eigenvalue weighted by Gasteiger charge is -2.32. The molecule has 100 valence electrons. The van der Waals surface area contributed by atoms with E-state index in [0.29, 0.717) is 4.47 Å². The molecule has 1 aliphatic heterocycles. The molecule has 0 aliphatic carbocycles. The van der Waals surface area contributed by atoms with Gasteiger partial charge in [0.1, 0.15) is 5.82 Å². The first-order valence-electron chi connectivity index (χ1n) is 6.11. The van der Waals surface area contributed by atoms with E-state index in [2.05, 4.69) is 26.1 Å². The fourth-order valence-electron chi connectivity index (χ4n) is 2.17. The molecule has 1 heterocycles. The Morgan fingerprint density at radius 2 is 2.39 bits per heavy atom. The van der Waals surface area contributed by atoms with Gasteiger partial charge in [-0.1, -0.05) is 6.07 Å². The number of benzene rings is 1. The van der Waals surface area contributed by atoms with Gasteiger partial charge in [-0.2, -0.15) is 0 Å². The SMILES string of the molecule is CNCC1CN(Cc2ccc(F)c(Br)c2)CCO1. The van der Waals surface area contributed by atoms with E-state index in [1.54, 1.807) is 0 Å². The maximum absolute atomic E-state index is 13.2. The first kappa shape index (κ1) is 13.9. The summed E-state index contributed by atoms with van der Waals surface area (Å²) in [4.78, 5) is 2.34. The minimum Gasteiger partial charge on any atom is -0.374 e. The quantitative estimate of drug-likeness (QED) is 0.919. The van der Waals surface area contributed by atoms with Crippen molar-refractivity contribution in [3.05, 3.63) is 34.1 Å². The molecule has 1 saturated heterocycles. The zero-order valence-electron chi connectivity index (χ0n) is 10.5. The summed E-state index contributed by atoms with van der Waals surface area (Å²) in [5.74, 6) is -0.214. The van der Waals surface area contributed by atoms with Gasteiger partial charge in [0, 0.05) is 26.2 Å². The van der Waals surface area contributed by atoms with Crippen LogP contribution < -0.4 is 5.32 Å². The van der Waals surface area contributed by atoms with Crippen molar-refractivity contribution in [2.75, 3.05) is 33.3 Å². The molecule has 1 atom stereocenters. The van der Waals surface area contributed by atoms with Gasteiger partial charge in [0.25, 0.3) is 0 Å². The van der Waals surface area contributed by atoms with Crippen LogP contribution in [0.25, 0.3) is 0 Å². The van der Waals surface area contributed by atoms with Crippen LogP contribution in [0.2, 0.25) is 0 Å². The Bertz CT molecular complexity index is 401. The maximum Gasteiger partial charge on any atom is 0.137 e. The number of hydrogen-bond donors (Lipinski definition) is 1. The molecule has 1 aliphatic rings. The maximum atomic E-state index is 13.2. The lowest BCUT2D eigenvalue weighted by Crippen LogP contribution is -2.45. The van der Waals surface area contributed by atoms with E-state index in [1.165, 1.54) is 6.07 Å². The van der Waals surface area contributed by atoms with Gasteiger partial charge in [0.05, 0.1) is 17.2 Å². The van der Waals surface area contributed by atoms with Gasteiger partial charge in [0.2, 0.25) is 0 Å². The summed E-state index contributed by atoms with van der Waals surface area (Å²) in [6, 6.07) is 5.19.